The van der Waals surface area contributed by atoms with Gasteiger partial charge in [0, 0.05) is 17.8 Å². The van der Waals surface area contributed by atoms with Gasteiger partial charge in [0.15, 0.2) is 6.04 Å². The number of aliphatic carboxylic acids is 1. The highest BCUT2D eigenvalue weighted by Gasteiger charge is 2.25. The third kappa shape index (κ3) is 3.46. The van der Waals surface area contributed by atoms with Crippen LogP contribution in [0.25, 0.3) is 10.8 Å². The lowest BCUT2D eigenvalue weighted by atomic mass is 10.1. The fourth-order valence-corrected chi connectivity index (χ4v) is 1.91. The van der Waals surface area contributed by atoms with Gasteiger partial charge in [-0.25, -0.2) is 9.59 Å². The lowest BCUT2D eigenvalue weighted by Crippen LogP contribution is -2.49. The molecular weight excluding hydrogens is 274 g/mol. The summed E-state index contributed by atoms with van der Waals surface area (Å²) in [7, 11) is 0. The molecule has 0 radical (unpaired) electrons. The molecule has 2 unspecified atom stereocenters. The number of amides is 2. The number of benzene rings is 1. The smallest absolute Gasteiger partial charge is 0.328 e. The van der Waals surface area contributed by atoms with Crippen LogP contribution in [0, 0.1) is 0 Å². The van der Waals surface area contributed by atoms with Crippen molar-refractivity contribution in [1.29, 1.82) is 0 Å². The van der Waals surface area contributed by atoms with Gasteiger partial charge in [0.1, 0.15) is 0 Å². The van der Waals surface area contributed by atoms with E-state index in [1.165, 1.54) is 6.92 Å². The number of carboxylic acids is 1. The van der Waals surface area contributed by atoms with Crippen molar-refractivity contribution in [3.63, 3.8) is 0 Å². The Morgan fingerprint density at radius 1 is 1.29 bits per heavy atom. The number of hydrogen-bond donors (Lipinski definition) is 4. The van der Waals surface area contributed by atoms with Crippen molar-refractivity contribution >= 4 is 28.5 Å². The lowest BCUT2D eigenvalue weighted by molar-refractivity contribution is -0.141. The van der Waals surface area contributed by atoms with Crippen molar-refractivity contribution in [1.82, 2.24) is 10.3 Å². The summed E-state index contributed by atoms with van der Waals surface area (Å²) >= 11 is 0. The van der Waals surface area contributed by atoms with Gasteiger partial charge in [0.25, 0.3) is 0 Å². The van der Waals surface area contributed by atoms with E-state index in [0.29, 0.717) is 5.69 Å². The number of carbonyl (C=O) groups excluding carboxylic acids is 1. The molecule has 0 aliphatic carbocycles. The minimum absolute atomic E-state index is 0.507. The average Bonchev–Trinajstić information content (AvgIpc) is 2.44. The van der Waals surface area contributed by atoms with Gasteiger partial charge >= 0.3 is 12.0 Å². The zero-order valence-electron chi connectivity index (χ0n) is 11.3. The molecular formula is C14H15N3O4. The first-order valence-corrected chi connectivity index (χ1v) is 6.30. The predicted octanol–water partition coefficient (Wildman–Crippen LogP) is 1.19. The fraction of sp³-hybridized carbons (Fsp3) is 0.214. The number of pyridine rings is 1. The number of fused-ring (bicyclic) bond motifs is 1. The van der Waals surface area contributed by atoms with E-state index in [2.05, 4.69) is 15.6 Å². The van der Waals surface area contributed by atoms with Crippen molar-refractivity contribution in [2.24, 2.45) is 0 Å². The van der Waals surface area contributed by atoms with E-state index < -0.39 is 24.1 Å². The van der Waals surface area contributed by atoms with Crippen LogP contribution < -0.4 is 10.6 Å². The van der Waals surface area contributed by atoms with E-state index in [0.717, 1.165) is 10.8 Å². The molecule has 2 amide bonds. The van der Waals surface area contributed by atoms with Gasteiger partial charge in [-0.2, -0.15) is 0 Å². The first kappa shape index (κ1) is 14.7. The number of aromatic nitrogens is 1. The number of aliphatic hydroxyl groups excluding tert-OH is 1. The summed E-state index contributed by atoms with van der Waals surface area (Å²) in [4.78, 5) is 26.8. The van der Waals surface area contributed by atoms with Crippen LogP contribution in [-0.4, -0.2) is 39.3 Å². The lowest BCUT2D eigenvalue weighted by Gasteiger charge is -2.17. The first-order valence-electron chi connectivity index (χ1n) is 6.30. The Labute approximate surface area is 120 Å². The van der Waals surface area contributed by atoms with Crippen LogP contribution in [-0.2, 0) is 4.79 Å². The second kappa shape index (κ2) is 6.19. The number of carbonyl (C=O) groups is 2. The van der Waals surface area contributed by atoms with Crippen LogP contribution in [0.1, 0.15) is 6.92 Å². The molecule has 0 bridgehead atoms. The molecule has 7 nitrogen and oxygen atoms in total. The molecule has 7 heteroatoms. The van der Waals surface area contributed by atoms with Gasteiger partial charge in [-0.05, 0) is 24.4 Å². The number of urea groups is 1. The van der Waals surface area contributed by atoms with Gasteiger partial charge < -0.3 is 20.8 Å². The highest BCUT2D eigenvalue weighted by molar-refractivity contribution is 6.01. The normalized spacial score (nSPS) is 13.4. The summed E-state index contributed by atoms with van der Waals surface area (Å²) in [6, 6.07) is 5.03. The monoisotopic (exact) mass is 289 g/mol. The van der Waals surface area contributed by atoms with E-state index in [9.17, 15) is 14.7 Å². The molecule has 0 saturated carbocycles. The molecule has 0 saturated heterocycles. The van der Waals surface area contributed by atoms with Gasteiger partial charge in [-0.3, -0.25) is 4.98 Å². The second-order valence-electron chi connectivity index (χ2n) is 4.56. The number of anilines is 1. The molecule has 2 aromatic rings. The van der Waals surface area contributed by atoms with Crippen molar-refractivity contribution in [2.75, 3.05) is 5.32 Å². The number of nitrogens with zero attached hydrogens (tertiary/aromatic N) is 1. The molecule has 0 aliphatic heterocycles. The minimum Gasteiger partial charge on any atom is -0.480 e. The fourth-order valence-electron chi connectivity index (χ4n) is 1.91. The third-order valence-corrected chi connectivity index (χ3v) is 2.97. The van der Waals surface area contributed by atoms with Gasteiger partial charge in [0.05, 0.1) is 11.8 Å². The van der Waals surface area contributed by atoms with Gasteiger partial charge in [-0.15, -0.1) is 0 Å². The minimum atomic E-state index is -1.38. The number of rotatable bonds is 4. The summed E-state index contributed by atoms with van der Waals surface area (Å²) < 4.78 is 0. The topological polar surface area (TPSA) is 112 Å². The van der Waals surface area contributed by atoms with Crippen molar-refractivity contribution < 1.29 is 19.8 Å². The van der Waals surface area contributed by atoms with Crippen LogP contribution in [0.2, 0.25) is 0 Å². The summed E-state index contributed by atoms with van der Waals surface area (Å²) in [5.41, 5.74) is 0.507. The molecule has 1 heterocycles. The molecule has 2 rings (SSSR count). The van der Waals surface area contributed by atoms with Crippen LogP contribution >= 0.6 is 0 Å². The molecule has 1 aromatic heterocycles. The molecule has 21 heavy (non-hydrogen) atoms. The van der Waals surface area contributed by atoms with E-state index in [-0.39, 0.29) is 0 Å². The van der Waals surface area contributed by atoms with Crippen molar-refractivity contribution in [3.8, 4) is 0 Å². The summed E-state index contributed by atoms with van der Waals surface area (Å²) in [6.45, 7) is 1.29. The Kier molecular flexibility index (Phi) is 4.34. The van der Waals surface area contributed by atoms with E-state index >= 15 is 0 Å². The van der Waals surface area contributed by atoms with Crippen molar-refractivity contribution in [3.05, 3.63) is 36.7 Å². The Morgan fingerprint density at radius 2 is 2.05 bits per heavy atom. The average molecular weight is 289 g/mol. The van der Waals surface area contributed by atoms with Crippen LogP contribution in [0.5, 0.6) is 0 Å². The summed E-state index contributed by atoms with van der Waals surface area (Å²) in [5, 5.41) is 24.7. The predicted molar refractivity (Wildman–Crippen MR) is 77.0 cm³/mol. The number of hydrogen-bond acceptors (Lipinski definition) is 4. The number of nitrogens with one attached hydrogen (secondary N) is 2. The van der Waals surface area contributed by atoms with Crippen molar-refractivity contribution in [2.45, 2.75) is 19.1 Å². The molecule has 4 N–H and O–H groups in total. The number of carboxylic acid groups (broad SMARTS) is 1. The Bertz CT molecular complexity index is 667. The van der Waals surface area contributed by atoms with E-state index in [1.54, 1.807) is 30.6 Å². The second-order valence-corrected chi connectivity index (χ2v) is 4.56. The summed E-state index contributed by atoms with van der Waals surface area (Å²) in [6.07, 6.45) is 2.04. The molecule has 0 aliphatic rings. The van der Waals surface area contributed by atoms with Crippen LogP contribution in [0.4, 0.5) is 10.5 Å². The standard InChI is InChI=1S/C14H15N3O4/c1-8(18)12(13(19)20)17-14(21)16-11-4-2-3-9-5-6-15-7-10(9)11/h2-8,12,18H,1H3,(H,19,20)(H2,16,17,21). The SMILES string of the molecule is CC(O)C(NC(=O)Nc1cccc2ccncc12)C(=O)O. The number of aliphatic hydroxyl groups is 1. The maximum absolute atomic E-state index is 11.9. The Balaban J connectivity index is 2.17. The van der Waals surface area contributed by atoms with Gasteiger partial charge in [-0.1, -0.05) is 12.1 Å². The first-order chi connectivity index (χ1) is 9.99. The molecule has 0 spiro atoms. The Morgan fingerprint density at radius 3 is 2.71 bits per heavy atom. The van der Waals surface area contributed by atoms with Crippen LogP contribution in [0.15, 0.2) is 36.7 Å². The zero-order chi connectivity index (χ0) is 15.4. The molecule has 2 atom stereocenters. The molecule has 110 valence electrons. The highest BCUT2D eigenvalue weighted by Crippen LogP contribution is 2.21. The van der Waals surface area contributed by atoms with E-state index in [1.807, 2.05) is 6.07 Å². The largest absolute Gasteiger partial charge is 0.480 e. The summed E-state index contributed by atoms with van der Waals surface area (Å²) in [5.74, 6) is -1.31. The third-order valence-electron chi connectivity index (χ3n) is 2.97. The molecule has 0 fully saturated rings. The van der Waals surface area contributed by atoms with Gasteiger partial charge in [0.2, 0.25) is 0 Å². The molecule has 1 aromatic carbocycles. The van der Waals surface area contributed by atoms with E-state index in [4.69, 9.17) is 5.11 Å². The maximum Gasteiger partial charge on any atom is 0.328 e. The Hall–Kier alpha value is -2.67. The quantitative estimate of drug-likeness (QED) is 0.675. The zero-order valence-corrected chi connectivity index (χ0v) is 11.3. The van der Waals surface area contributed by atoms with Crippen LogP contribution in [0.3, 0.4) is 0 Å². The maximum atomic E-state index is 11.9. The highest BCUT2D eigenvalue weighted by atomic mass is 16.4.